The minimum absolute atomic E-state index is 0.0199. The third-order valence-corrected chi connectivity index (χ3v) is 5.16. The van der Waals surface area contributed by atoms with Crippen LogP contribution in [0.2, 0.25) is 0 Å². The Hall–Kier alpha value is -2.39. The first-order chi connectivity index (χ1) is 14.1. The Balaban J connectivity index is 0.000000575. The molecule has 2 aromatic carbocycles. The van der Waals surface area contributed by atoms with Crippen molar-refractivity contribution in [3.05, 3.63) is 71.8 Å². The van der Waals surface area contributed by atoms with Crippen LogP contribution in [0.1, 0.15) is 37.2 Å². The molecule has 0 aromatic heterocycles. The van der Waals surface area contributed by atoms with Crippen LogP contribution in [-0.2, 0) is 0 Å². The van der Waals surface area contributed by atoms with Gasteiger partial charge in [0.15, 0.2) is 0 Å². The lowest BCUT2D eigenvalue weighted by atomic mass is 10.0. The van der Waals surface area contributed by atoms with Crippen LogP contribution < -0.4 is 0 Å². The molecule has 0 amide bonds. The van der Waals surface area contributed by atoms with Gasteiger partial charge in [0.25, 0.3) is 0 Å². The molecular formula is C21H27BF4N2O2. The van der Waals surface area contributed by atoms with Gasteiger partial charge in [-0.25, -0.2) is 0 Å². The fourth-order valence-corrected chi connectivity index (χ4v) is 3.37. The van der Waals surface area contributed by atoms with E-state index >= 15 is 0 Å². The van der Waals surface area contributed by atoms with Crippen molar-refractivity contribution >= 4 is 13.6 Å². The second-order valence-electron chi connectivity index (χ2n) is 7.28. The van der Waals surface area contributed by atoms with E-state index in [1.54, 1.807) is 0 Å². The molecule has 0 aliphatic carbocycles. The van der Waals surface area contributed by atoms with Gasteiger partial charge >= 0.3 is 7.25 Å². The van der Waals surface area contributed by atoms with E-state index in [4.69, 9.17) is 0 Å². The topological polar surface area (TPSA) is 46.7 Å². The lowest BCUT2D eigenvalue weighted by Crippen LogP contribution is -2.35. The van der Waals surface area contributed by atoms with E-state index in [0.717, 1.165) is 24.2 Å². The summed E-state index contributed by atoms with van der Waals surface area (Å²) in [4.78, 5) is 2.16. The molecule has 1 heterocycles. The molecule has 9 heteroatoms. The fraction of sp³-hybridized carbons (Fsp3) is 0.381. The van der Waals surface area contributed by atoms with Crippen LogP contribution in [0.25, 0.3) is 0 Å². The quantitative estimate of drug-likeness (QED) is 0.419. The molecule has 30 heavy (non-hydrogen) atoms. The zero-order chi connectivity index (χ0) is 22.3. The van der Waals surface area contributed by atoms with Gasteiger partial charge in [-0.3, -0.25) is 9.48 Å². The number of aliphatic hydroxyl groups excluding tert-OH is 2. The first kappa shape index (κ1) is 23.9. The predicted molar refractivity (Wildman–Crippen MR) is 110 cm³/mol. The van der Waals surface area contributed by atoms with Gasteiger partial charge in [-0.05, 0) is 25.0 Å². The summed E-state index contributed by atoms with van der Waals surface area (Å²) in [6, 6.07) is 19.5. The Bertz CT molecular complexity index is 800. The number of hydrogen-bond acceptors (Lipinski definition) is 3. The van der Waals surface area contributed by atoms with E-state index in [1.807, 2.05) is 80.8 Å². The van der Waals surface area contributed by atoms with Crippen LogP contribution in [-0.4, -0.2) is 58.5 Å². The molecule has 0 fully saturated rings. The van der Waals surface area contributed by atoms with Gasteiger partial charge in [0, 0.05) is 0 Å². The van der Waals surface area contributed by atoms with E-state index in [0.29, 0.717) is 0 Å². The Morgan fingerprint density at radius 3 is 1.73 bits per heavy atom. The zero-order valence-electron chi connectivity index (χ0n) is 17.0. The average molecular weight is 426 g/mol. The van der Waals surface area contributed by atoms with Crippen molar-refractivity contribution < 1.29 is 32.1 Å². The molecule has 2 aromatic rings. The molecule has 0 saturated carbocycles. The maximum atomic E-state index is 10.6. The van der Waals surface area contributed by atoms with Gasteiger partial charge in [0.05, 0.1) is 0 Å². The van der Waals surface area contributed by atoms with Gasteiger partial charge in [-0.1, -0.05) is 60.7 Å². The van der Waals surface area contributed by atoms with Crippen molar-refractivity contribution in [2.24, 2.45) is 0 Å². The van der Waals surface area contributed by atoms with Gasteiger partial charge in [-0.15, -0.1) is 0 Å². The van der Waals surface area contributed by atoms with Crippen molar-refractivity contribution in [1.29, 1.82) is 0 Å². The standard InChI is InChI=1S/C21H27N2O2.BF4/c1-16(20(24)18-9-5-3-6-10-18)22-13-14-23(15-22)17(2)21(25)19-11-7-4-8-12-19;2-1(3,4)5/h3-12,15-17,20-21,24-25H,13-14H2,1-2H3;/q+1;-1/t16-,17-,20-,21-;/m0./s1. The summed E-state index contributed by atoms with van der Waals surface area (Å²) in [5, 5.41) is 21.3. The Labute approximate surface area is 174 Å². The third-order valence-electron chi connectivity index (χ3n) is 5.16. The number of halogens is 4. The lowest BCUT2D eigenvalue weighted by Gasteiger charge is -2.22. The van der Waals surface area contributed by atoms with E-state index in [1.165, 1.54) is 0 Å². The molecule has 4 nitrogen and oxygen atoms in total. The zero-order valence-corrected chi connectivity index (χ0v) is 17.0. The van der Waals surface area contributed by atoms with Crippen molar-refractivity contribution in [3.63, 3.8) is 0 Å². The Kier molecular flexibility index (Phi) is 8.43. The van der Waals surface area contributed by atoms with Crippen LogP contribution >= 0.6 is 0 Å². The van der Waals surface area contributed by atoms with E-state index in [2.05, 4.69) is 9.48 Å². The third kappa shape index (κ3) is 7.14. The smallest absolute Gasteiger partial charge is 0.418 e. The number of benzene rings is 2. The number of rotatable bonds is 6. The molecule has 2 N–H and O–H groups in total. The minimum atomic E-state index is -6.00. The molecule has 3 rings (SSSR count). The molecule has 1 aliphatic heterocycles. The SMILES string of the molecule is C[C@@H]([C@H](O)c1ccccc1)N1C=[N+]([C@@H](C)[C@H](O)c2ccccc2)CC1.F[B-](F)(F)F. The number of aliphatic hydroxyl groups is 2. The highest BCUT2D eigenvalue weighted by Crippen LogP contribution is 2.23. The summed E-state index contributed by atoms with van der Waals surface area (Å²) in [7, 11) is -6.00. The molecule has 0 bridgehead atoms. The molecule has 1 aliphatic rings. The monoisotopic (exact) mass is 426 g/mol. The van der Waals surface area contributed by atoms with E-state index in [9.17, 15) is 27.5 Å². The summed E-state index contributed by atoms with van der Waals surface area (Å²) in [5.74, 6) is 0. The maximum absolute atomic E-state index is 10.6. The van der Waals surface area contributed by atoms with E-state index < -0.39 is 19.5 Å². The number of hydrogen-bond donors (Lipinski definition) is 2. The molecule has 4 atom stereocenters. The first-order valence-corrected chi connectivity index (χ1v) is 9.77. The van der Waals surface area contributed by atoms with Crippen LogP contribution in [0.5, 0.6) is 0 Å². The minimum Gasteiger partial charge on any atom is -0.418 e. The Morgan fingerprint density at radius 1 is 0.833 bits per heavy atom. The van der Waals surface area contributed by atoms with Crippen molar-refractivity contribution in [2.75, 3.05) is 13.1 Å². The van der Waals surface area contributed by atoms with Crippen LogP contribution in [0.4, 0.5) is 17.3 Å². The highest BCUT2D eigenvalue weighted by molar-refractivity contribution is 6.50. The molecule has 164 valence electrons. The normalized spacial score (nSPS) is 18.0. The summed E-state index contributed by atoms with van der Waals surface area (Å²) in [6.45, 7) is 5.76. The molecular weight excluding hydrogens is 399 g/mol. The molecule has 0 saturated heterocycles. The average Bonchev–Trinajstić information content (AvgIpc) is 3.22. The van der Waals surface area contributed by atoms with Crippen LogP contribution in [0.3, 0.4) is 0 Å². The maximum Gasteiger partial charge on any atom is 0.673 e. The second-order valence-corrected chi connectivity index (χ2v) is 7.28. The van der Waals surface area contributed by atoms with E-state index in [-0.39, 0.29) is 12.1 Å². The highest BCUT2D eigenvalue weighted by atomic mass is 19.5. The van der Waals surface area contributed by atoms with Crippen LogP contribution in [0.15, 0.2) is 60.7 Å². The Morgan fingerprint density at radius 2 is 1.27 bits per heavy atom. The predicted octanol–water partition coefficient (Wildman–Crippen LogP) is 3.89. The molecule has 0 spiro atoms. The van der Waals surface area contributed by atoms with Crippen molar-refractivity contribution in [1.82, 2.24) is 4.90 Å². The summed E-state index contributed by atoms with van der Waals surface area (Å²) in [6.07, 6.45) is 0.978. The first-order valence-electron chi connectivity index (χ1n) is 9.77. The molecule has 0 unspecified atom stereocenters. The fourth-order valence-electron chi connectivity index (χ4n) is 3.37. The second kappa shape index (κ2) is 10.6. The van der Waals surface area contributed by atoms with Crippen molar-refractivity contribution in [2.45, 2.75) is 38.1 Å². The highest BCUT2D eigenvalue weighted by Gasteiger charge is 2.34. The summed E-state index contributed by atoms with van der Waals surface area (Å²) >= 11 is 0. The van der Waals surface area contributed by atoms with Crippen LogP contribution in [0, 0.1) is 0 Å². The van der Waals surface area contributed by atoms with Gasteiger partial charge < -0.3 is 27.5 Å². The van der Waals surface area contributed by atoms with Crippen molar-refractivity contribution in [3.8, 4) is 0 Å². The van der Waals surface area contributed by atoms with Gasteiger partial charge in [-0.2, -0.15) is 0 Å². The number of nitrogens with zero attached hydrogens (tertiary/aromatic N) is 2. The summed E-state index contributed by atoms with van der Waals surface area (Å²) < 4.78 is 41.2. The lowest BCUT2D eigenvalue weighted by molar-refractivity contribution is -0.561. The molecule has 0 radical (unpaired) electrons. The largest absolute Gasteiger partial charge is 0.673 e. The van der Waals surface area contributed by atoms with Gasteiger partial charge in [0.2, 0.25) is 6.34 Å². The van der Waals surface area contributed by atoms with Gasteiger partial charge in [0.1, 0.15) is 37.4 Å². The summed E-state index contributed by atoms with van der Waals surface area (Å²) in [5.41, 5.74) is 1.86.